The molecule has 0 aliphatic carbocycles. The van der Waals surface area contributed by atoms with Crippen LogP contribution in [0.5, 0.6) is 0 Å². The van der Waals surface area contributed by atoms with Gasteiger partial charge in [0.25, 0.3) is 5.91 Å². The van der Waals surface area contributed by atoms with Gasteiger partial charge in [-0.05, 0) is 30.2 Å². The molecule has 136 valence electrons. The van der Waals surface area contributed by atoms with E-state index in [2.05, 4.69) is 18.5 Å². The Morgan fingerprint density at radius 3 is 2.35 bits per heavy atom. The van der Waals surface area contributed by atoms with Crippen LogP contribution >= 0.6 is 11.6 Å². The molecule has 0 spiro atoms. The normalized spacial score (nSPS) is 12.8. The fraction of sp³-hybridized carbons (Fsp3) is 0.227. The van der Waals surface area contributed by atoms with Crippen LogP contribution in [0.25, 0.3) is 0 Å². The van der Waals surface area contributed by atoms with Gasteiger partial charge in [0.2, 0.25) is 0 Å². The van der Waals surface area contributed by atoms with Crippen LogP contribution in [0.2, 0.25) is 5.02 Å². The van der Waals surface area contributed by atoms with E-state index in [1.165, 1.54) is 5.56 Å². The zero-order valence-electron chi connectivity index (χ0n) is 15.0. The molecule has 2 aromatic rings. The molecule has 26 heavy (non-hydrogen) atoms. The van der Waals surface area contributed by atoms with Crippen molar-refractivity contribution >= 4 is 17.5 Å². The summed E-state index contributed by atoms with van der Waals surface area (Å²) in [5, 5.41) is 3.59. The van der Waals surface area contributed by atoms with Gasteiger partial charge < -0.3 is 10.1 Å². The monoisotopic (exact) mass is 369 g/mol. The van der Waals surface area contributed by atoms with E-state index in [1.807, 2.05) is 31.2 Å². The van der Waals surface area contributed by atoms with Gasteiger partial charge in [-0.25, -0.2) is 0 Å². The fourth-order valence-corrected chi connectivity index (χ4v) is 2.83. The molecule has 0 saturated heterocycles. The van der Waals surface area contributed by atoms with Gasteiger partial charge in [0.1, 0.15) is 0 Å². The number of hydrogen-bond acceptors (Lipinski definition) is 2. The lowest BCUT2D eigenvalue weighted by atomic mass is 9.88. The Labute approximate surface area is 160 Å². The highest BCUT2D eigenvalue weighted by molar-refractivity contribution is 6.30. The van der Waals surface area contributed by atoms with E-state index in [0.717, 1.165) is 11.1 Å². The van der Waals surface area contributed by atoms with Crippen molar-refractivity contribution < 1.29 is 9.53 Å². The summed E-state index contributed by atoms with van der Waals surface area (Å²) < 4.78 is 5.97. The Balaban J connectivity index is 2.29. The maximum atomic E-state index is 13.1. The highest BCUT2D eigenvalue weighted by atomic mass is 35.5. The molecule has 0 bridgehead atoms. The van der Waals surface area contributed by atoms with E-state index >= 15 is 0 Å². The van der Waals surface area contributed by atoms with Gasteiger partial charge >= 0.3 is 0 Å². The molecule has 1 N–H and O–H groups in total. The number of hydrogen-bond donors (Lipinski definition) is 1. The van der Waals surface area contributed by atoms with Crippen molar-refractivity contribution in [3.8, 4) is 0 Å². The molecule has 2 rings (SSSR count). The molecule has 4 heteroatoms. The number of aryl methyl sites for hydroxylation is 1. The number of ether oxygens (including phenoxy) is 1. The van der Waals surface area contributed by atoms with Crippen molar-refractivity contribution in [1.82, 2.24) is 5.32 Å². The Morgan fingerprint density at radius 2 is 1.77 bits per heavy atom. The van der Waals surface area contributed by atoms with Crippen LogP contribution in [0.4, 0.5) is 0 Å². The number of halogens is 1. The van der Waals surface area contributed by atoms with Crippen molar-refractivity contribution in [2.45, 2.75) is 25.5 Å². The van der Waals surface area contributed by atoms with Crippen molar-refractivity contribution in [3.05, 3.63) is 95.6 Å². The number of carbonyl (C=O) groups is 1. The predicted molar refractivity (Wildman–Crippen MR) is 107 cm³/mol. The van der Waals surface area contributed by atoms with E-state index in [1.54, 1.807) is 36.4 Å². The summed E-state index contributed by atoms with van der Waals surface area (Å²) in [5.41, 5.74) is 1.75. The number of carbonyl (C=O) groups excluding carboxylic acids is 1. The predicted octanol–water partition coefficient (Wildman–Crippen LogP) is 4.94. The molecule has 1 amide bonds. The fourth-order valence-electron chi connectivity index (χ4n) is 2.70. The standard InChI is InChI=1S/C22H24ClNO2/c1-4-14-22(26-15-5-2,19-10-12-20(23)13-11-19)21(25)24-16-18-8-6-17(3)7-9-18/h4-13H,1-2,14-16H2,3H3,(H,24,25). The minimum Gasteiger partial charge on any atom is -0.356 e. The van der Waals surface area contributed by atoms with E-state index in [-0.39, 0.29) is 12.5 Å². The number of rotatable bonds is 9. The Kier molecular flexibility index (Phi) is 7.19. The maximum absolute atomic E-state index is 13.1. The minimum atomic E-state index is -1.18. The third kappa shape index (κ3) is 4.84. The second kappa shape index (κ2) is 9.37. The lowest BCUT2D eigenvalue weighted by Gasteiger charge is -2.32. The zero-order valence-corrected chi connectivity index (χ0v) is 15.8. The second-order valence-corrected chi connectivity index (χ2v) is 6.53. The number of amides is 1. The van der Waals surface area contributed by atoms with Crippen LogP contribution in [0.1, 0.15) is 23.1 Å². The first-order valence-electron chi connectivity index (χ1n) is 8.47. The smallest absolute Gasteiger partial charge is 0.257 e. The Hall–Kier alpha value is -2.36. The summed E-state index contributed by atoms with van der Waals surface area (Å²) in [6.45, 7) is 10.2. The molecular weight excluding hydrogens is 346 g/mol. The van der Waals surface area contributed by atoms with Gasteiger partial charge in [-0.15, -0.1) is 13.2 Å². The van der Waals surface area contributed by atoms with Crippen LogP contribution < -0.4 is 5.32 Å². The topological polar surface area (TPSA) is 38.3 Å². The van der Waals surface area contributed by atoms with Crippen LogP contribution in [0.3, 0.4) is 0 Å². The average Bonchev–Trinajstić information content (AvgIpc) is 2.65. The van der Waals surface area contributed by atoms with Crippen molar-refractivity contribution in [2.24, 2.45) is 0 Å². The summed E-state index contributed by atoms with van der Waals surface area (Å²) in [5.74, 6) is -0.220. The third-order valence-corrected chi connectivity index (χ3v) is 4.38. The SMILES string of the molecule is C=CCOC(CC=C)(C(=O)NCc1ccc(C)cc1)c1ccc(Cl)cc1. The van der Waals surface area contributed by atoms with Gasteiger partial charge in [-0.3, -0.25) is 4.79 Å². The Morgan fingerprint density at radius 1 is 1.12 bits per heavy atom. The first-order valence-corrected chi connectivity index (χ1v) is 8.85. The molecular formula is C22H24ClNO2. The lowest BCUT2D eigenvalue weighted by Crippen LogP contribution is -2.46. The quantitative estimate of drug-likeness (QED) is 0.636. The minimum absolute atomic E-state index is 0.220. The van der Waals surface area contributed by atoms with Crippen LogP contribution in [0.15, 0.2) is 73.8 Å². The zero-order chi connectivity index (χ0) is 19.0. The molecule has 3 nitrogen and oxygen atoms in total. The number of nitrogens with one attached hydrogen (secondary N) is 1. The van der Waals surface area contributed by atoms with Crippen LogP contribution in [-0.2, 0) is 21.7 Å². The van der Waals surface area contributed by atoms with Gasteiger partial charge in [0, 0.05) is 18.0 Å². The number of benzene rings is 2. The first kappa shape index (κ1) is 20.0. The summed E-state index contributed by atoms with van der Waals surface area (Å²) in [6.07, 6.45) is 3.65. The molecule has 1 unspecified atom stereocenters. The molecule has 1 atom stereocenters. The Bertz CT molecular complexity index is 753. The van der Waals surface area contributed by atoms with Gasteiger partial charge in [-0.1, -0.05) is 65.7 Å². The van der Waals surface area contributed by atoms with Crippen molar-refractivity contribution in [3.63, 3.8) is 0 Å². The highest BCUT2D eigenvalue weighted by Gasteiger charge is 2.40. The molecule has 0 aromatic heterocycles. The highest BCUT2D eigenvalue weighted by Crippen LogP contribution is 2.32. The maximum Gasteiger partial charge on any atom is 0.257 e. The van der Waals surface area contributed by atoms with Gasteiger partial charge in [0.05, 0.1) is 6.61 Å². The second-order valence-electron chi connectivity index (χ2n) is 6.09. The van der Waals surface area contributed by atoms with E-state index < -0.39 is 5.60 Å². The molecule has 0 radical (unpaired) electrons. The summed E-state index contributed by atoms with van der Waals surface area (Å²) >= 11 is 6.00. The molecule has 0 fully saturated rings. The lowest BCUT2D eigenvalue weighted by molar-refractivity contribution is -0.147. The summed E-state index contributed by atoms with van der Waals surface area (Å²) in [4.78, 5) is 13.1. The van der Waals surface area contributed by atoms with E-state index in [0.29, 0.717) is 18.0 Å². The van der Waals surface area contributed by atoms with Gasteiger partial charge in [-0.2, -0.15) is 0 Å². The average molecular weight is 370 g/mol. The first-order chi connectivity index (χ1) is 12.5. The molecule has 2 aromatic carbocycles. The molecule has 0 saturated carbocycles. The summed E-state index contributed by atoms with van der Waals surface area (Å²) in [7, 11) is 0. The molecule has 0 heterocycles. The van der Waals surface area contributed by atoms with Crippen molar-refractivity contribution in [1.29, 1.82) is 0 Å². The van der Waals surface area contributed by atoms with E-state index in [9.17, 15) is 4.79 Å². The molecule has 0 aliphatic rings. The van der Waals surface area contributed by atoms with Crippen LogP contribution in [0, 0.1) is 6.92 Å². The third-order valence-electron chi connectivity index (χ3n) is 4.13. The molecule has 0 aliphatic heterocycles. The van der Waals surface area contributed by atoms with Crippen molar-refractivity contribution in [2.75, 3.05) is 6.61 Å². The largest absolute Gasteiger partial charge is 0.356 e. The van der Waals surface area contributed by atoms with Gasteiger partial charge in [0.15, 0.2) is 5.60 Å². The summed E-state index contributed by atoms with van der Waals surface area (Å²) in [6, 6.07) is 15.1. The van der Waals surface area contributed by atoms with Crippen LogP contribution in [-0.4, -0.2) is 12.5 Å². The van der Waals surface area contributed by atoms with E-state index in [4.69, 9.17) is 16.3 Å².